The van der Waals surface area contributed by atoms with Gasteiger partial charge < -0.3 is 4.90 Å². The van der Waals surface area contributed by atoms with E-state index in [9.17, 15) is 13.2 Å². The average molecular weight is 334 g/mol. The number of allylic oxidation sites excluding steroid dienone is 1. The highest BCUT2D eigenvalue weighted by Crippen LogP contribution is 2.23. The summed E-state index contributed by atoms with van der Waals surface area (Å²) in [6.07, 6.45) is 7.88. The summed E-state index contributed by atoms with van der Waals surface area (Å²) < 4.78 is 27.4. The van der Waals surface area contributed by atoms with Crippen LogP contribution in [0.3, 0.4) is 0 Å². The van der Waals surface area contributed by atoms with E-state index in [-0.39, 0.29) is 10.8 Å². The molecule has 1 amide bonds. The first kappa shape index (κ1) is 16.2. The van der Waals surface area contributed by atoms with Gasteiger partial charge in [0.05, 0.1) is 4.90 Å². The van der Waals surface area contributed by atoms with Gasteiger partial charge in [0.1, 0.15) is 0 Å². The van der Waals surface area contributed by atoms with E-state index in [2.05, 4.69) is 10.8 Å². The zero-order valence-corrected chi connectivity index (χ0v) is 13.9. The van der Waals surface area contributed by atoms with Crippen molar-refractivity contribution >= 4 is 21.6 Å². The number of carbonyl (C=O) groups excluding carboxylic acids is 1. The highest BCUT2D eigenvalue weighted by molar-refractivity contribution is 7.89. The predicted octanol–water partition coefficient (Wildman–Crippen LogP) is 2.59. The molecule has 1 aromatic rings. The first-order valence-corrected chi connectivity index (χ1v) is 9.62. The number of hydrogen-bond acceptors (Lipinski definition) is 3. The van der Waals surface area contributed by atoms with Crippen molar-refractivity contribution in [1.82, 2.24) is 4.72 Å². The zero-order chi connectivity index (χ0) is 16.3. The van der Waals surface area contributed by atoms with Crippen LogP contribution in [0, 0.1) is 0 Å². The molecule has 0 aromatic heterocycles. The van der Waals surface area contributed by atoms with Crippen molar-refractivity contribution in [3.63, 3.8) is 0 Å². The first-order chi connectivity index (χ1) is 11.1. The van der Waals surface area contributed by atoms with Crippen LogP contribution in [0.15, 0.2) is 40.8 Å². The van der Waals surface area contributed by atoms with Crippen molar-refractivity contribution in [2.75, 3.05) is 18.0 Å². The molecule has 2 aliphatic rings. The minimum absolute atomic E-state index is 0.1000. The van der Waals surface area contributed by atoms with E-state index in [4.69, 9.17) is 0 Å². The molecule has 0 unspecified atom stereocenters. The van der Waals surface area contributed by atoms with E-state index < -0.39 is 10.0 Å². The van der Waals surface area contributed by atoms with Crippen molar-refractivity contribution in [3.8, 4) is 0 Å². The fourth-order valence-corrected chi connectivity index (χ4v) is 4.10. The van der Waals surface area contributed by atoms with E-state index in [1.165, 1.54) is 12.0 Å². The molecule has 1 saturated heterocycles. The molecule has 0 saturated carbocycles. The fourth-order valence-electron chi connectivity index (χ4n) is 3.06. The van der Waals surface area contributed by atoms with E-state index >= 15 is 0 Å². The van der Waals surface area contributed by atoms with E-state index in [0.717, 1.165) is 31.4 Å². The maximum atomic E-state index is 12.4. The summed E-state index contributed by atoms with van der Waals surface area (Å²) in [6.45, 7) is 1.09. The van der Waals surface area contributed by atoms with Gasteiger partial charge in [-0.15, -0.1) is 0 Å². The van der Waals surface area contributed by atoms with Gasteiger partial charge in [0.15, 0.2) is 0 Å². The van der Waals surface area contributed by atoms with Crippen LogP contribution < -0.4 is 9.62 Å². The third-order valence-electron chi connectivity index (χ3n) is 4.41. The Hall–Kier alpha value is -1.66. The van der Waals surface area contributed by atoms with Crippen LogP contribution >= 0.6 is 0 Å². The molecular weight excluding hydrogens is 312 g/mol. The minimum Gasteiger partial charge on any atom is -0.312 e. The van der Waals surface area contributed by atoms with Crippen molar-refractivity contribution < 1.29 is 13.2 Å². The van der Waals surface area contributed by atoms with Crippen LogP contribution in [0.5, 0.6) is 0 Å². The van der Waals surface area contributed by atoms with Gasteiger partial charge in [-0.3, -0.25) is 4.79 Å². The van der Waals surface area contributed by atoms with Crippen LogP contribution in [0.2, 0.25) is 0 Å². The quantitative estimate of drug-likeness (QED) is 0.842. The number of carbonyl (C=O) groups is 1. The van der Waals surface area contributed by atoms with Crippen molar-refractivity contribution in [3.05, 3.63) is 35.9 Å². The molecule has 0 bridgehead atoms. The average Bonchev–Trinajstić information content (AvgIpc) is 3.00. The molecular formula is C17H22N2O3S. The highest BCUT2D eigenvalue weighted by atomic mass is 32.2. The van der Waals surface area contributed by atoms with Crippen molar-refractivity contribution in [1.29, 1.82) is 0 Å². The molecule has 1 N–H and O–H groups in total. The normalized spacial score (nSPS) is 19.0. The van der Waals surface area contributed by atoms with Crippen molar-refractivity contribution in [2.45, 2.75) is 43.4 Å². The molecule has 1 aliphatic heterocycles. The second kappa shape index (κ2) is 6.84. The molecule has 124 valence electrons. The number of hydrogen-bond donors (Lipinski definition) is 1. The molecule has 1 aromatic carbocycles. The Labute approximate surface area is 137 Å². The molecule has 0 atom stereocenters. The first-order valence-electron chi connectivity index (χ1n) is 8.14. The molecule has 6 heteroatoms. The Morgan fingerprint density at radius 2 is 1.83 bits per heavy atom. The molecule has 1 fully saturated rings. The van der Waals surface area contributed by atoms with Crippen LogP contribution in [-0.4, -0.2) is 27.4 Å². The lowest BCUT2D eigenvalue weighted by molar-refractivity contribution is -0.117. The molecule has 1 heterocycles. The van der Waals surface area contributed by atoms with Gasteiger partial charge in [-0.05, 0) is 56.4 Å². The minimum atomic E-state index is -3.51. The third kappa shape index (κ3) is 3.82. The van der Waals surface area contributed by atoms with Gasteiger partial charge in [0.25, 0.3) is 0 Å². The maximum Gasteiger partial charge on any atom is 0.240 e. The standard InChI is InChI=1S/C17H22N2O3S/c20-17-7-4-12-19(17)15-8-10-16(11-9-15)23(21,22)18-13-14-5-2-1-3-6-14/h5,8-11,18H,1-4,6-7,12-13H2. The summed E-state index contributed by atoms with van der Waals surface area (Å²) in [5, 5.41) is 0. The summed E-state index contributed by atoms with van der Waals surface area (Å²) in [5.74, 6) is 0.1000. The number of anilines is 1. The fraction of sp³-hybridized carbons (Fsp3) is 0.471. The Morgan fingerprint density at radius 1 is 1.04 bits per heavy atom. The SMILES string of the molecule is O=C1CCCN1c1ccc(S(=O)(=O)NCC2=CCCCC2)cc1. The molecule has 3 rings (SSSR count). The molecule has 0 radical (unpaired) electrons. The van der Waals surface area contributed by atoms with Crippen LogP contribution in [0.25, 0.3) is 0 Å². The van der Waals surface area contributed by atoms with Crippen molar-refractivity contribution in [2.24, 2.45) is 0 Å². The lowest BCUT2D eigenvalue weighted by atomic mass is 10.0. The second-order valence-corrected chi connectivity index (χ2v) is 7.84. The van der Waals surface area contributed by atoms with Gasteiger partial charge in [-0.25, -0.2) is 13.1 Å². The number of sulfonamides is 1. The van der Waals surface area contributed by atoms with E-state index in [1.54, 1.807) is 29.2 Å². The molecule has 0 spiro atoms. The lowest BCUT2D eigenvalue weighted by Crippen LogP contribution is -2.27. The Morgan fingerprint density at radius 3 is 2.43 bits per heavy atom. The number of rotatable bonds is 5. The second-order valence-electron chi connectivity index (χ2n) is 6.08. The maximum absolute atomic E-state index is 12.4. The van der Waals surface area contributed by atoms with Gasteiger partial charge in [-0.1, -0.05) is 11.6 Å². The smallest absolute Gasteiger partial charge is 0.240 e. The summed E-state index contributed by atoms with van der Waals surface area (Å²) in [4.78, 5) is 13.7. The Bertz CT molecular complexity index is 708. The van der Waals surface area contributed by atoms with E-state index in [1.807, 2.05) is 0 Å². The van der Waals surface area contributed by atoms with Gasteiger partial charge in [0, 0.05) is 25.2 Å². The largest absolute Gasteiger partial charge is 0.312 e. The van der Waals surface area contributed by atoms with Crippen LogP contribution in [-0.2, 0) is 14.8 Å². The van der Waals surface area contributed by atoms with Crippen LogP contribution in [0.4, 0.5) is 5.69 Å². The lowest BCUT2D eigenvalue weighted by Gasteiger charge is -2.16. The number of nitrogens with one attached hydrogen (secondary N) is 1. The van der Waals surface area contributed by atoms with E-state index in [0.29, 0.717) is 19.5 Å². The molecule has 1 aliphatic carbocycles. The Balaban J connectivity index is 1.67. The topological polar surface area (TPSA) is 66.5 Å². The summed E-state index contributed by atoms with van der Waals surface area (Å²) in [7, 11) is -3.51. The highest BCUT2D eigenvalue weighted by Gasteiger charge is 2.22. The third-order valence-corrected chi connectivity index (χ3v) is 5.82. The summed E-state index contributed by atoms with van der Waals surface area (Å²) in [5.41, 5.74) is 1.93. The summed E-state index contributed by atoms with van der Waals surface area (Å²) >= 11 is 0. The van der Waals surface area contributed by atoms with Crippen LogP contribution in [0.1, 0.15) is 38.5 Å². The Kier molecular flexibility index (Phi) is 4.82. The number of benzene rings is 1. The number of nitrogens with zero attached hydrogens (tertiary/aromatic N) is 1. The summed E-state index contributed by atoms with van der Waals surface area (Å²) in [6, 6.07) is 6.55. The monoisotopic (exact) mass is 334 g/mol. The van der Waals surface area contributed by atoms with Gasteiger partial charge >= 0.3 is 0 Å². The number of amides is 1. The molecule has 5 nitrogen and oxygen atoms in total. The van der Waals surface area contributed by atoms with Gasteiger partial charge in [0.2, 0.25) is 15.9 Å². The molecule has 23 heavy (non-hydrogen) atoms. The van der Waals surface area contributed by atoms with Gasteiger partial charge in [-0.2, -0.15) is 0 Å². The predicted molar refractivity (Wildman–Crippen MR) is 89.8 cm³/mol. The zero-order valence-electron chi connectivity index (χ0n) is 13.1.